The molecule has 0 saturated carbocycles. The first-order chi connectivity index (χ1) is 23.0. The number of halogens is 1. The van der Waals surface area contributed by atoms with Gasteiger partial charge in [0.05, 0.1) is 36.4 Å². The fraction of sp³-hybridized carbons (Fsp3) is 0.513. The topological polar surface area (TPSA) is 52.0 Å². The minimum absolute atomic E-state index is 0.588. The van der Waals surface area contributed by atoms with Gasteiger partial charge in [0.25, 0.3) is 0 Å². The van der Waals surface area contributed by atoms with E-state index in [0.29, 0.717) is 19.8 Å². The zero-order valence-corrected chi connectivity index (χ0v) is 30.0. The van der Waals surface area contributed by atoms with Gasteiger partial charge in [-0.2, -0.15) is 0 Å². The third-order valence-electron chi connectivity index (χ3n) is 8.77. The van der Waals surface area contributed by atoms with Crippen LogP contribution >= 0.6 is 11.6 Å². The summed E-state index contributed by atoms with van der Waals surface area (Å²) in [5.74, 6) is 3.41. The van der Waals surface area contributed by atoms with Crippen LogP contribution in [0.15, 0.2) is 60.7 Å². The lowest BCUT2D eigenvalue weighted by Crippen LogP contribution is -2.25. The molecule has 0 amide bonds. The van der Waals surface area contributed by atoms with E-state index >= 15 is 0 Å². The van der Waals surface area contributed by atoms with Gasteiger partial charge in [0.15, 0.2) is 0 Å². The average molecular weight is 663 g/mol. The van der Waals surface area contributed by atoms with Gasteiger partial charge in [-0.05, 0) is 87.4 Å². The van der Waals surface area contributed by atoms with Crippen LogP contribution in [-0.2, 0) is 13.0 Å². The van der Waals surface area contributed by atoms with Crippen molar-refractivity contribution in [1.82, 2.24) is 19.4 Å². The Kier molecular flexibility index (Phi) is 15.2. The van der Waals surface area contributed by atoms with Gasteiger partial charge in [-0.3, -0.25) is 0 Å². The fourth-order valence-corrected chi connectivity index (χ4v) is 5.93. The second-order valence-electron chi connectivity index (χ2n) is 11.9. The largest absolute Gasteiger partial charge is 0.493 e. The number of aryl methyl sites for hydroxylation is 1. The van der Waals surface area contributed by atoms with Crippen LogP contribution in [0, 0.1) is 0 Å². The van der Waals surface area contributed by atoms with Crippen LogP contribution in [0.4, 0.5) is 0 Å². The first-order valence-electron chi connectivity index (χ1n) is 17.7. The summed E-state index contributed by atoms with van der Waals surface area (Å²) in [5, 5.41) is 0.748. The first-order valence-corrected chi connectivity index (χ1v) is 18.1. The molecule has 0 saturated heterocycles. The van der Waals surface area contributed by atoms with Gasteiger partial charge >= 0.3 is 0 Å². The van der Waals surface area contributed by atoms with E-state index in [2.05, 4.69) is 79.3 Å². The molecule has 1 heterocycles. The molecule has 0 radical (unpaired) electrons. The molecule has 1 aromatic heterocycles. The lowest BCUT2D eigenvalue weighted by Gasteiger charge is -2.19. The third kappa shape index (κ3) is 10.9. The smallest absolute Gasteiger partial charge is 0.144 e. The molecule has 0 aliphatic heterocycles. The fourth-order valence-electron chi connectivity index (χ4n) is 5.80. The van der Waals surface area contributed by atoms with E-state index < -0.39 is 0 Å². The SMILES string of the molecule is CCCCn1c(-c2ccc(OCCCN(CC)CC)cc2OCCCN(CC)CC)nc2ccc(OCCc3ccc(Cl)cc3)cc21. The maximum Gasteiger partial charge on any atom is 0.144 e. The Morgan fingerprint density at radius 3 is 1.96 bits per heavy atom. The predicted octanol–water partition coefficient (Wildman–Crippen LogP) is 9.00. The summed E-state index contributed by atoms with van der Waals surface area (Å²) in [7, 11) is 0. The van der Waals surface area contributed by atoms with E-state index in [1.807, 2.05) is 30.3 Å². The van der Waals surface area contributed by atoms with Gasteiger partial charge in [0.1, 0.15) is 23.1 Å². The van der Waals surface area contributed by atoms with E-state index in [0.717, 1.165) is 123 Å². The minimum Gasteiger partial charge on any atom is -0.493 e. The zero-order valence-electron chi connectivity index (χ0n) is 29.3. The molecule has 0 bridgehead atoms. The highest BCUT2D eigenvalue weighted by atomic mass is 35.5. The zero-order chi connectivity index (χ0) is 33.4. The summed E-state index contributed by atoms with van der Waals surface area (Å²) in [6, 6.07) is 20.4. The van der Waals surface area contributed by atoms with Gasteiger partial charge in [0.2, 0.25) is 0 Å². The monoisotopic (exact) mass is 662 g/mol. The summed E-state index contributed by atoms with van der Waals surface area (Å²) in [6.45, 7) is 20.1. The second-order valence-corrected chi connectivity index (χ2v) is 12.4. The number of hydrogen-bond acceptors (Lipinski definition) is 6. The molecule has 7 nitrogen and oxygen atoms in total. The molecule has 0 atom stereocenters. The quantitative estimate of drug-likeness (QED) is 0.0783. The number of rotatable bonds is 22. The van der Waals surface area contributed by atoms with Crippen molar-refractivity contribution >= 4 is 22.6 Å². The predicted molar refractivity (Wildman–Crippen MR) is 197 cm³/mol. The van der Waals surface area contributed by atoms with Gasteiger partial charge < -0.3 is 28.6 Å². The van der Waals surface area contributed by atoms with E-state index in [9.17, 15) is 0 Å². The average Bonchev–Trinajstić information content (AvgIpc) is 3.45. The molecular formula is C39H55ClN4O3. The van der Waals surface area contributed by atoms with Crippen molar-refractivity contribution in [3.8, 4) is 28.6 Å². The van der Waals surface area contributed by atoms with Crippen LogP contribution in [0.2, 0.25) is 5.02 Å². The maximum atomic E-state index is 6.53. The van der Waals surface area contributed by atoms with Crippen LogP contribution in [0.25, 0.3) is 22.4 Å². The van der Waals surface area contributed by atoms with E-state index in [4.69, 9.17) is 30.8 Å². The van der Waals surface area contributed by atoms with Crippen LogP contribution in [0.5, 0.6) is 17.2 Å². The Labute approximate surface area is 287 Å². The molecule has 4 rings (SSSR count). The minimum atomic E-state index is 0.588. The van der Waals surface area contributed by atoms with Crippen molar-refractivity contribution < 1.29 is 14.2 Å². The third-order valence-corrected chi connectivity index (χ3v) is 9.03. The molecule has 4 aromatic rings. The molecule has 0 N–H and O–H groups in total. The number of unbranched alkanes of at least 4 members (excludes halogenated alkanes) is 1. The Hall–Kier alpha value is -3.26. The van der Waals surface area contributed by atoms with Crippen LogP contribution in [0.1, 0.15) is 65.9 Å². The lowest BCUT2D eigenvalue weighted by atomic mass is 10.1. The molecule has 3 aromatic carbocycles. The maximum absolute atomic E-state index is 6.53. The Morgan fingerprint density at radius 1 is 0.681 bits per heavy atom. The number of nitrogens with zero attached hydrogens (tertiary/aromatic N) is 4. The van der Waals surface area contributed by atoms with Crippen LogP contribution < -0.4 is 14.2 Å². The Bertz CT molecular complexity index is 1480. The van der Waals surface area contributed by atoms with Crippen molar-refractivity contribution in [2.75, 3.05) is 59.1 Å². The normalized spacial score (nSPS) is 11.6. The van der Waals surface area contributed by atoms with Crippen molar-refractivity contribution in [2.45, 2.75) is 73.3 Å². The number of benzene rings is 3. The first kappa shape index (κ1) is 36.6. The highest BCUT2D eigenvalue weighted by Gasteiger charge is 2.18. The molecule has 0 aliphatic rings. The summed E-state index contributed by atoms with van der Waals surface area (Å²) in [5.41, 5.74) is 4.21. The molecule has 0 spiro atoms. The van der Waals surface area contributed by atoms with Crippen molar-refractivity contribution in [3.05, 3.63) is 71.2 Å². The van der Waals surface area contributed by atoms with E-state index in [-0.39, 0.29) is 0 Å². The van der Waals surface area contributed by atoms with Crippen molar-refractivity contribution in [3.63, 3.8) is 0 Å². The standard InChI is InChI=1S/C39H55ClN4O3/c1-6-11-25-44-37-29-33(46-28-22-31-14-16-32(40)17-15-31)19-21-36(37)41-39(44)35-20-18-34(45-26-12-23-42(7-2)8-3)30-38(35)47-27-13-24-43(9-4)10-5/h14-21,29-30H,6-13,22-28H2,1-5H3. The van der Waals surface area contributed by atoms with Crippen molar-refractivity contribution in [1.29, 1.82) is 0 Å². The summed E-state index contributed by atoms with van der Waals surface area (Å²) in [6.07, 6.45) is 4.90. The summed E-state index contributed by atoms with van der Waals surface area (Å²) in [4.78, 5) is 10.0. The molecule has 0 aliphatic carbocycles. The number of imidazole rings is 1. The van der Waals surface area contributed by atoms with Crippen LogP contribution in [0.3, 0.4) is 0 Å². The highest BCUT2D eigenvalue weighted by molar-refractivity contribution is 6.30. The second kappa shape index (κ2) is 19.5. The van der Waals surface area contributed by atoms with E-state index in [1.165, 1.54) is 5.56 Å². The molecule has 0 fully saturated rings. The summed E-state index contributed by atoms with van der Waals surface area (Å²) < 4.78 is 21.3. The Balaban J connectivity index is 1.58. The highest BCUT2D eigenvalue weighted by Crippen LogP contribution is 2.36. The van der Waals surface area contributed by atoms with Crippen LogP contribution in [-0.4, -0.2) is 78.4 Å². The molecule has 256 valence electrons. The summed E-state index contributed by atoms with van der Waals surface area (Å²) >= 11 is 6.05. The number of hydrogen-bond donors (Lipinski definition) is 0. The van der Waals surface area contributed by atoms with Crippen molar-refractivity contribution in [2.24, 2.45) is 0 Å². The number of ether oxygens (including phenoxy) is 3. The number of aromatic nitrogens is 2. The molecular weight excluding hydrogens is 608 g/mol. The molecule has 0 unspecified atom stereocenters. The molecule has 47 heavy (non-hydrogen) atoms. The number of fused-ring (bicyclic) bond motifs is 1. The van der Waals surface area contributed by atoms with Gasteiger partial charge in [-0.25, -0.2) is 4.98 Å². The molecule has 8 heteroatoms. The van der Waals surface area contributed by atoms with E-state index in [1.54, 1.807) is 0 Å². The Morgan fingerprint density at radius 2 is 1.30 bits per heavy atom. The van der Waals surface area contributed by atoms with Gasteiger partial charge in [-0.15, -0.1) is 0 Å². The lowest BCUT2D eigenvalue weighted by molar-refractivity contribution is 0.243. The van der Waals surface area contributed by atoms with Gasteiger partial charge in [-0.1, -0.05) is 64.8 Å². The van der Waals surface area contributed by atoms with Gasteiger partial charge in [0, 0.05) is 43.2 Å².